The number of hydrogen-bond donors (Lipinski definition) is 3. The van der Waals surface area contributed by atoms with Gasteiger partial charge in [-0.3, -0.25) is 9.89 Å². The molecule has 106 valence electrons. The van der Waals surface area contributed by atoms with Gasteiger partial charge in [0.15, 0.2) is 5.82 Å². The monoisotopic (exact) mass is 338 g/mol. The second-order valence-electron chi connectivity index (χ2n) is 4.85. The van der Waals surface area contributed by atoms with Crippen molar-refractivity contribution in [2.45, 2.75) is 26.0 Å². The second kappa shape index (κ2) is 5.72. The van der Waals surface area contributed by atoms with Crippen LogP contribution in [0.1, 0.15) is 19.7 Å². The van der Waals surface area contributed by atoms with E-state index in [1.54, 1.807) is 0 Å². The number of hydrogen-bond acceptors (Lipinski definition) is 4. The molecule has 0 aliphatic carbocycles. The lowest BCUT2D eigenvalue weighted by atomic mass is 10.1. The third kappa shape index (κ3) is 3.64. The van der Waals surface area contributed by atoms with E-state index in [-0.39, 0.29) is 6.54 Å². The van der Waals surface area contributed by atoms with Gasteiger partial charge in [-0.2, -0.15) is 5.10 Å². The van der Waals surface area contributed by atoms with Crippen molar-refractivity contribution in [2.75, 3.05) is 0 Å². The normalized spacial score (nSPS) is 11.4. The highest BCUT2D eigenvalue weighted by atomic mass is 79.9. The van der Waals surface area contributed by atoms with E-state index < -0.39 is 11.5 Å². The fourth-order valence-electron chi connectivity index (χ4n) is 1.48. The third-order valence-corrected chi connectivity index (χ3v) is 3.13. The molecule has 2 rings (SSSR count). The van der Waals surface area contributed by atoms with Crippen molar-refractivity contribution in [2.24, 2.45) is 0 Å². The van der Waals surface area contributed by atoms with Gasteiger partial charge in [0.2, 0.25) is 0 Å². The number of aromatic amines is 1. The molecular weight excluding hydrogens is 324 g/mol. The number of rotatable bonds is 4. The van der Waals surface area contributed by atoms with Crippen LogP contribution >= 0.6 is 15.9 Å². The van der Waals surface area contributed by atoms with Crippen LogP contribution in [-0.4, -0.2) is 31.8 Å². The lowest BCUT2D eigenvalue weighted by molar-refractivity contribution is -0.136. The Hall–Kier alpha value is -1.73. The molecule has 2 aromatic rings. The number of carbonyl (C=O) groups is 1. The minimum atomic E-state index is -1.41. The predicted octanol–water partition coefficient (Wildman–Crippen LogP) is 1.62. The smallest absolute Gasteiger partial charge is 0.251 e. The van der Waals surface area contributed by atoms with E-state index in [1.165, 1.54) is 13.8 Å². The number of benzene rings is 1. The molecule has 0 radical (unpaired) electrons. The molecule has 7 heteroatoms. The van der Waals surface area contributed by atoms with E-state index in [0.717, 1.165) is 10.0 Å². The summed E-state index contributed by atoms with van der Waals surface area (Å²) in [6.07, 6.45) is 0. The zero-order valence-corrected chi connectivity index (χ0v) is 12.7. The van der Waals surface area contributed by atoms with Gasteiger partial charge < -0.3 is 10.4 Å². The Morgan fingerprint density at radius 3 is 2.65 bits per heavy atom. The highest BCUT2D eigenvalue weighted by Crippen LogP contribution is 2.18. The largest absolute Gasteiger partial charge is 0.381 e. The van der Waals surface area contributed by atoms with Crippen LogP contribution in [-0.2, 0) is 11.3 Å². The Bertz CT molecular complexity index is 602. The molecule has 0 spiro atoms. The highest BCUT2D eigenvalue weighted by molar-refractivity contribution is 9.10. The standard InChI is InChI=1S/C13H15BrN4O2/c1-13(2,20)12(19)15-7-10-16-11(18-17-10)8-3-5-9(14)6-4-8/h3-6,20H,7H2,1-2H3,(H,15,19)(H,16,17,18). The molecule has 6 nitrogen and oxygen atoms in total. The summed E-state index contributed by atoms with van der Waals surface area (Å²) < 4.78 is 0.981. The van der Waals surface area contributed by atoms with Gasteiger partial charge in [-0.15, -0.1) is 0 Å². The van der Waals surface area contributed by atoms with Gasteiger partial charge in [-0.1, -0.05) is 28.1 Å². The van der Waals surface area contributed by atoms with E-state index in [2.05, 4.69) is 36.4 Å². The Morgan fingerprint density at radius 1 is 1.40 bits per heavy atom. The van der Waals surface area contributed by atoms with Crippen LogP contribution < -0.4 is 5.32 Å². The number of nitrogens with one attached hydrogen (secondary N) is 2. The molecule has 1 aromatic heterocycles. The van der Waals surface area contributed by atoms with Crippen LogP contribution in [0.25, 0.3) is 11.4 Å². The molecule has 0 saturated carbocycles. The lowest BCUT2D eigenvalue weighted by Gasteiger charge is -2.15. The summed E-state index contributed by atoms with van der Waals surface area (Å²) in [7, 11) is 0. The molecule has 0 atom stereocenters. The molecular formula is C13H15BrN4O2. The Balaban J connectivity index is 2.03. The van der Waals surface area contributed by atoms with Crippen LogP contribution in [0.3, 0.4) is 0 Å². The topological polar surface area (TPSA) is 90.9 Å². The molecule has 1 amide bonds. The third-order valence-electron chi connectivity index (χ3n) is 2.61. The first kappa shape index (κ1) is 14.7. The summed E-state index contributed by atoms with van der Waals surface area (Å²) in [5.41, 5.74) is -0.529. The van der Waals surface area contributed by atoms with Crippen molar-refractivity contribution in [3.05, 3.63) is 34.6 Å². The van der Waals surface area contributed by atoms with Crippen LogP contribution in [0.15, 0.2) is 28.7 Å². The SMILES string of the molecule is CC(C)(O)C(=O)NCc1nc(-c2ccc(Br)cc2)n[nH]1. The number of amides is 1. The number of carbonyl (C=O) groups excluding carboxylic acids is 1. The van der Waals surface area contributed by atoms with Gasteiger partial charge in [-0.05, 0) is 26.0 Å². The van der Waals surface area contributed by atoms with Crippen molar-refractivity contribution in [3.8, 4) is 11.4 Å². The van der Waals surface area contributed by atoms with Gasteiger partial charge in [0.1, 0.15) is 11.4 Å². The van der Waals surface area contributed by atoms with Crippen LogP contribution in [0.2, 0.25) is 0 Å². The van der Waals surface area contributed by atoms with Crippen LogP contribution in [0, 0.1) is 0 Å². The molecule has 1 aromatic carbocycles. The average molecular weight is 339 g/mol. The maximum atomic E-state index is 11.5. The fraction of sp³-hybridized carbons (Fsp3) is 0.308. The Kier molecular flexibility index (Phi) is 4.20. The van der Waals surface area contributed by atoms with E-state index in [1.807, 2.05) is 24.3 Å². The summed E-state index contributed by atoms with van der Waals surface area (Å²) in [6, 6.07) is 7.60. The molecule has 20 heavy (non-hydrogen) atoms. The van der Waals surface area contributed by atoms with Crippen molar-refractivity contribution in [1.29, 1.82) is 0 Å². The van der Waals surface area contributed by atoms with Crippen molar-refractivity contribution in [1.82, 2.24) is 20.5 Å². The predicted molar refractivity (Wildman–Crippen MR) is 77.7 cm³/mol. The molecule has 0 saturated heterocycles. The average Bonchev–Trinajstić information content (AvgIpc) is 2.84. The Labute approximate surface area is 124 Å². The summed E-state index contributed by atoms with van der Waals surface area (Å²) in [5, 5.41) is 18.9. The van der Waals surface area contributed by atoms with Crippen molar-refractivity contribution < 1.29 is 9.90 Å². The van der Waals surface area contributed by atoms with Crippen molar-refractivity contribution in [3.63, 3.8) is 0 Å². The number of aromatic nitrogens is 3. The van der Waals surface area contributed by atoms with Crippen LogP contribution in [0.4, 0.5) is 0 Å². The lowest BCUT2D eigenvalue weighted by Crippen LogP contribution is -2.41. The van der Waals surface area contributed by atoms with Gasteiger partial charge in [0, 0.05) is 10.0 Å². The molecule has 0 bridgehead atoms. The molecule has 0 unspecified atom stereocenters. The second-order valence-corrected chi connectivity index (χ2v) is 5.77. The zero-order valence-electron chi connectivity index (χ0n) is 11.1. The van der Waals surface area contributed by atoms with E-state index in [4.69, 9.17) is 0 Å². The van der Waals surface area contributed by atoms with Gasteiger partial charge in [0.25, 0.3) is 5.91 Å². The summed E-state index contributed by atoms with van der Waals surface area (Å²) in [6.45, 7) is 3.04. The van der Waals surface area contributed by atoms with E-state index >= 15 is 0 Å². The van der Waals surface area contributed by atoms with E-state index in [0.29, 0.717) is 11.6 Å². The van der Waals surface area contributed by atoms with Crippen molar-refractivity contribution >= 4 is 21.8 Å². The van der Waals surface area contributed by atoms with E-state index in [9.17, 15) is 9.90 Å². The maximum Gasteiger partial charge on any atom is 0.251 e. The van der Waals surface area contributed by atoms with Crippen LogP contribution in [0.5, 0.6) is 0 Å². The number of halogens is 1. The number of H-pyrrole nitrogens is 1. The van der Waals surface area contributed by atoms with Gasteiger partial charge >= 0.3 is 0 Å². The number of nitrogens with zero attached hydrogens (tertiary/aromatic N) is 2. The molecule has 1 heterocycles. The molecule has 3 N–H and O–H groups in total. The van der Waals surface area contributed by atoms with Gasteiger partial charge in [0.05, 0.1) is 6.54 Å². The fourth-order valence-corrected chi connectivity index (χ4v) is 1.75. The maximum absolute atomic E-state index is 11.5. The quantitative estimate of drug-likeness (QED) is 0.790. The first-order chi connectivity index (χ1) is 9.36. The summed E-state index contributed by atoms with van der Waals surface area (Å²) in [4.78, 5) is 15.8. The minimum absolute atomic E-state index is 0.187. The summed E-state index contributed by atoms with van der Waals surface area (Å²) in [5.74, 6) is 0.629. The first-order valence-electron chi connectivity index (χ1n) is 6.04. The minimum Gasteiger partial charge on any atom is -0.381 e. The highest BCUT2D eigenvalue weighted by Gasteiger charge is 2.23. The Morgan fingerprint density at radius 2 is 2.05 bits per heavy atom. The molecule has 0 aliphatic heterocycles. The van der Waals surface area contributed by atoms with Gasteiger partial charge in [-0.25, -0.2) is 4.98 Å². The molecule has 0 fully saturated rings. The number of aliphatic hydroxyl groups is 1. The first-order valence-corrected chi connectivity index (χ1v) is 6.83. The summed E-state index contributed by atoms with van der Waals surface area (Å²) >= 11 is 3.36. The zero-order chi connectivity index (χ0) is 14.8. The molecule has 0 aliphatic rings.